The summed E-state index contributed by atoms with van der Waals surface area (Å²) in [6.07, 6.45) is 2.73. The van der Waals surface area contributed by atoms with Crippen LogP contribution in [0.25, 0.3) is 0 Å². The summed E-state index contributed by atoms with van der Waals surface area (Å²) < 4.78 is 1.19. The molecule has 0 saturated heterocycles. The van der Waals surface area contributed by atoms with Crippen molar-refractivity contribution in [3.8, 4) is 0 Å². The van der Waals surface area contributed by atoms with Gasteiger partial charge in [-0.25, -0.2) is 0 Å². The van der Waals surface area contributed by atoms with Gasteiger partial charge in [0.05, 0.1) is 0 Å². The highest BCUT2D eigenvalue weighted by atomic mass is 79.9. The van der Waals surface area contributed by atoms with E-state index >= 15 is 0 Å². The molecule has 1 fully saturated rings. The van der Waals surface area contributed by atoms with E-state index in [-0.39, 0.29) is 0 Å². The zero-order valence-electron chi connectivity index (χ0n) is 10.1. The van der Waals surface area contributed by atoms with Gasteiger partial charge in [0.15, 0.2) is 0 Å². The molecule has 0 amide bonds. The average molecular weight is 322 g/mol. The highest BCUT2D eigenvalue weighted by molar-refractivity contribution is 9.10. The van der Waals surface area contributed by atoms with Gasteiger partial charge >= 0.3 is 0 Å². The molecule has 3 rings (SSSR count). The van der Waals surface area contributed by atoms with Crippen molar-refractivity contribution in [2.75, 3.05) is 0 Å². The molecular weight excluding hydrogens is 306 g/mol. The van der Waals surface area contributed by atoms with E-state index in [4.69, 9.17) is 0 Å². The Morgan fingerprint density at radius 2 is 2.06 bits per heavy atom. The summed E-state index contributed by atoms with van der Waals surface area (Å²) in [6.45, 7) is 0.931. The van der Waals surface area contributed by atoms with Crippen LogP contribution in [0.1, 0.15) is 29.3 Å². The van der Waals surface area contributed by atoms with Crippen molar-refractivity contribution in [3.63, 3.8) is 0 Å². The second-order valence-electron chi connectivity index (χ2n) is 4.80. The molecule has 2 aromatic rings. The van der Waals surface area contributed by atoms with Gasteiger partial charge in [0.2, 0.25) is 0 Å². The van der Waals surface area contributed by atoms with Crippen LogP contribution < -0.4 is 5.32 Å². The smallest absolute Gasteiger partial charge is 0.0446 e. The van der Waals surface area contributed by atoms with Crippen LogP contribution in [0.5, 0.6) is 0 Å². The Balaban J connectivity index is 1.69. The summed E-state index contributed by atoms with van der Waals surface area (Å²) in [7, 11) is 0. The lowest BCUT2D eigenvalue weighted by Crippen LogP contribution is -2.22. The molecule has 0 radical (unpaired) electrons. The summed E-state index contributed by atoms with van der Waals surface area (Å²) in [5.74, 6) is 0.839. The van der Waals surface area contributed by atoms with Crippen LogP contribution in [0, 0.1) is 5.92 Å². The molecule has 1 nitrogen and oxygen atoms in total. The highest BCUT2D eigenvalue weighted by Crippen LogP contribution is 2.42. The Morgan fingerprint density at radius 3 is 2.72 bits per heavy atom. The van der Waals surface area contributed by atoms with Crippen molar-refractivity contribution in [3.05, 3.63) is 56.7 Å². The van der Waals surface area contributed by atoms with E-state index in [1.54, 1.807) is 0 Å². The Hall–Kier alpha value is -0.640. The second kappa shape index (κ2) is 5.55. The van der Waals surface area contributed by atoms with E-state index in [0.717, 1.165) is 12.5 Å². The SMILES string of the molecule is Brc1ccccc1CNC(c1cccs1)C1CC1. The molecule has 0 bridgehead atoms. The van der Waals surface area contributed by atoms with Gasteiger partial charge < -0.3 is 5.32 Å². The third kappa shape index (κ3) is 2.85. The van der Waals surface area contributed by atoms with Crippen molar-refractivity contribution >= 4 is 27.3 Å². The molecule has 94 valence electrons. The monoisotopic (exact) mass is 321 g/mol. The van der Waals surface area contributed by atoms with Crippen LogP contribution in [-0.2, 0) is 6.54 Å². The molecule has 0 spiro atoms. The zero-order chi connectivity index (χ0) is 12.4. The topological polar surface area (TPSA) is 12.0 Å². The van der Waals surface area contributed by atoms with E-state index in [0.29, 0.717) is 6.04 Å². The van der Waals surface area contributed by atoms with Gasteiger partial charge in [0.1, 0.15) is 0 Å². The standard InChI is InChI=1S/C15H16BrNS/c16-13-5-2-1-4-12(13)10-17-15(11-7-8-11)14-6-3-9-18-14/h1-6,9,11,15,17H,7-8,10H2. The minimum absolute atomic E-state index is 0.539. The Bertz CT molecular complexity index is 505. The largest absolute Gasteiger partial charge is 0.305 e. The maximum Gasteiger partial charge on any atom is 0.0446 e. The quantitative estimate of drug-likeness (QED) is 0.837. The van der Waals surface area contributed by atoms with Gasteiger partial charge in [-0.05, 0) is 41.8 Å². The molecule has 1 aliphatic rings. The lowest BCUT2D eigenvalue weighted by molar-refractivity contribution is 0.487. The minimum atomic E-state index is 0.539. The third-order valence-corrected chi connectivity index (χ3v) is 5.14. The predicted octanol–water partition coefficient (Wildman–Crippen LogP) is 4.75. The maximum absolute atomic E-state index is 3.72. The Morgan fingerprint density at radius 1 is 1.22 bits per heavy atom. The fraction of sp³-hybridized carbons (Fsp3) is 0.333. The minimum Gasteiger partial charge on any atom is -0.305 e. The number of halogens is 1. The van der Waals surface area contributed by atoms with Crippen LogP contribution in [0.15, 0.2) is 46.3 Å². The van der Waals surface area contributed by atoms with Crippen LogP contribution >= 0.6 is 27.3 Å². The lowest BCUT2D eigenvalue weighted by atomic mass is 10.1. The van der Waals surface area contributed by atoms with Gasteiger partial charge in [-0.2, -0.15) is 0 Å². The number of nitrogens with one attached hydrogen (secondary N) is 1. The Labute approximate surface area is 120 Å². The lowest BCUT2D eigenvalue weighted by Gasteiger charge is -2.17. The molecule has 3 heteroatoms. The van der Waals surface area contributed by atoms with E-state index in [1.807, 2.05) is 11.3 Å². The van der Waals surface area contributed by atoms with E-state index in [1.165, 1.54) is 27.8 Å². The third-order valence-electron chi connectivity index (χ3n) is 3.41. The van der Waals surface area contributed by atoms with Crippen molar-refractivity contribution in [1.82, 2.24) is 5.32 Å². The highest BCUT2D eigenvalue weighted by Gasteiger charge is 2.32. The zero-order valence-corrected chi connectivity index (χ0v) is 12.5. The first-order valence-electron chi connectivity index (χ1n) is 6.35. The van der Waals surface area contributed by atoms with Crippen molar-refractivity contribution < 1.29 is 0 Å². The molecular formula is C15H16BrNS. The fourth-order valence-electron chi connectivity index (χ4n) is 2.26. The first-order chi connectivity index (χ1) is 8.84. The van der Waals surface area contributed by atoms with Crippen molar-refractivity contribution in [2.24, 2.45) is 5.92 Å². The number of rotatable bonds is 5. The summed E-state index contributed by atoms with van der Waals surface area (Å²) in [5, 5.41) is 5.89. The van der Waals surface area contributed by atoms with Crippen LogP contribution in [0.3, 0.4) is 0 Å². The molecule has 1 heterocycles. The molecule has 1 aromatic carbocycles. The summed E-state index contributed by atoms with van der Waals surface area (Å²) in [5.41, 5.74) is 1.33. The Kier molecular flexibility index (Phi) is 3.83. The summed E-state index contributed by atoms with van der Waals surface area (Å²) >= 11 is 5.47. The van der Waals surface area contributed by atoms with Crippen LogP contribution in [0.4, 0.5) is 0 Å². The molecule has 1 saturated carbocycles. The molecule has 1 atom stereocenters. The molecule has 18 heavy (non-hydrogen) atoms. The average Bonchev–Trinajstić information content (AvgIpc) is 3.07. The molecule has 0 aliphatic heterocycles. The first kappa shape index (κ1) is 12.4. The van der Waals surface area contributed by atoms with Gasteiger partial charge in [-0.3, -0.25) is 0 Å². The number of benzene rings is 1. The molecule has 1 aromatic heterocycles. The van der Waals surface area contributed by atoms with Gasteiger partial charge in [-0.1, -0.05) is 40.2 Å². The van der Waals surface area contributed by atoms with Crippen LogP contribution in [0.2, 0.25) is 0 Å². The van der Waals surface area contributed by atoms with Gasteiger partial charge in [0, 0.05) is 21.9 Å². The van der Waals surface area contributed by atoms with Gasteiger partial charge in [0.25, 0.3) is 0 Å². The predicted molar refractivity (Wildman–Crippen MR) is 80.8 cm³/mol. The normalized spacial score (nSPS) is 16.7. The van der Waals surface area contributed by atoms with Crippen molar-refractivity contribution in [1.29, 1.82) is 0 Å². The van der Waals surface area contributed by atoms with E-state index in [2.05, 4.69) is 63.0 Å². The number of hydrogen-bond donors (Lipinski definition) is 1. The molecule has 1 unspecified atom stereocenters. The molecule has 1 N–H and O–H groups in total. The summed E-state index contributed by atoms with van der Waals surface area (Å²) in [4.78, 5) is 1.48. The molecule has 1 aliphatic carbocycles. The second-order valence-corrected chi connectivity index (χ2v) is 6.64. The fourth-order valence-corrected chi connectivity index (χ4v) is 3.58. The number of hydrogen-bond acceptors (Lipinski definition) is 2. The van der Waals surface area contributed by atoms with Gasteiger partial charge in [-0.15, -0.1) is 11.3 Å². The summed E-state index contributed by atoms with van der Waals surface area (Å²) in [6, 6.07) is 13.4. The van der Waals surface area contributed by atoms with Crippen molar-refractivity contribution in [2.45, 2.75) is 25.4 Å². The number of thiophene rings is 1. The maximum atomic E-state index is 3.72. The van der Waals surface area contributed by atoms with E-state index < -0.39 is 0 Å². The van der Waals surface area contributed by atoms with Crippen LogP contribution in [-0.4, -0.2) is 0 Å². The first-order valence-corrected chi connectivity index (χ1v) is 8.02. The van der Waals surface area contributed by atoms with E-state index in [9.17, 15) is 0 Å².